The number of aromatic nitrogens is 2. The maximum absolute atomic E-state index is 12.7. The molecule has 0 saturated heterocycles. The fourth-order valence-electron chi connectivity index (χ4n) is 2.70. The Morgan fingerprint density at radius 3 is 2.42 bits per heavy atom. The maximum Gasteiger partial charge on any atom is 0.328 e. The number of H-pyrrole nitrogens is 1. The van der Waals surface area contributed by atoms with Crippen molar-refractivity contribution >= 4 is 22.6 Å². The summed E-state index contributed by atoms with van der Waals surface area (Å²) in [4.78, 5) is 36.6. The van der Waals surface area contributed by atoms with Gasteiger partial charge in [0.25, 0.3) is 11.5 Å². The number of hydrogen-bond acceptors (Lipinski definition) is 5. The lowest BCUT2D eigenvalue weighted by atomic mass is 10.1. The van der Waals surface area contributed by atoms with E-state index in [1.54, 1.807) is 24.3 Å². The van der Waals surface area contributed by atoms with Crippen LogP contribution in [0.25, 0.3) is 10.8 Å². The summed E-state index contributed by atoms with van der Waals surface area (Å²) in [6.07, 6.45) is 0.278. The van der Waals surface area contributed by atoms with Gasteiger partial charge in [-0.25, -0.2) is 9.89 Å². The van der Waals surface area contributed by atoms with Crippen LogP contribution in [0.15, 0.2) is 59.4 Å². The number of aromatic amines is 1. The summed E-state index contributed by atoms with van der Waals surface area (Å²) in [6.45, 7) is 0. The fraction of sp³-hybridized carbons (Fsp3) is 0.158. The quantitative estimate of drug-likeness (QED) is 0.677. The van der Waals surface area contributed by atoms with Crippen LogP contribution in [0.2, 0.25) is 0 Å². The van der Waals surface area contributed by atoms with Crippen molar-refractivity contribution in [2.24, 2.45) is 0 Å². The van der Waals surface area contributed by atoms with Gasteiger partial charge in [0.2, 0.25) is 0 Å². The molecule has 0 spiro atoms. The Bertz CT molecular complexity index is 998. The summed E-state index contributed by atoms with van der Waals surface area (Å²) in [5.41, 5.74) is 0.538. The minimum atomic E-state index is -0.873. The van der Waals surface area contributed by atoms with Crippen molar-refractivity contribution < 1.29 is 14.3 Å². The minimum absolute atomic E-state index is 0.0437. The molecule has 0 aliphatic rings. The van der Waals surface area contributed by atoms with E-state index in [2.05, 4.69) is 15.5 Å². The average molecular weight is 351 g/mol. The first-order chi connectivity index (χ1) is 12.6. The van der Waals surface area contributed by atoms with Crippen molar-refractivity contribution in [3.63, 3.8) is 0 Å². The fourth-order valence-corrected chi connectivity index (χ4v) is 2.70. The molecule has 3 rings (SSSR count). The normalized spacial score (nSPS) is 11.7. The van der Waals surface area contributed by atoms with E-state index in [0.29, 0.717) is 10.8 Å². The van der Waals surface area contributed by atoms with Crippen LogP contribution in [-0.2, 0) is 16.0 Å². The standard InChI is InChI=1S/C19H17N3O4/c1-26-19(25)15(11-12-7-3-2-4-8-12)20-18(24)16-13-9-5-6-10-14(13)17(23)22-21-16/h2-10,15H,11H2,1H3,(H,20,24)(H,22,23)/t15-/m0/s1. The Labute approximate surface area is 149 Å². The van der Waals surface area contributed by atoms with Crippen LogP contribution < -0.4 is 10.9 Å². The zero-order chi connectivity index (χ0) is 18.5. The number of hydrogen-bond donors (Lipinski definition) is 2. The molecule has 7 nitrogen and oxygen atoms in total. The molecule has 0 unspecified atom stereocenters. The van der Waals surface area contributed by atoms with E-state index >= 15 is 0 Å². The second kappa shape index (κ2) is 7.60. The third-order valence-corrected chi connectivity index (χ3v) is 3.98. The van der Waals surface area contributed by atoms with Gasteiger partial charge >= 0.3 is 5.97 Å². The van der Waals surface area contributed by atoms with Crippen LogP contribution in [0, 0.1) is 0 Å². The average Bonchev–Trinajstić information content (AvgIpc) is 2.68. The van der Waals surface area contributed by atoms with Crippen LogP contribution in [0.3, 0.4) is 0 Å². The van der Waals surface area contributed by atoms with E-state index in [4.69, 9.17) is 4.74 Å². The van der Waals surface area contributed by atoms with Crippen LogP contribution in [0.1, 0.15) is 16.1 Å². The largest absolute Gasteiger partial charge is 0.467 e. The first-order valence-electron chi connectivity index (χ1n) is 8.00. The molecule has 3 aromatic rings. The highest BCUT2D eigenvalue weighted by Crippen LogP contribution is 2.13. The summed E-state index contributed by atoms with van der Waals surface area (Å²) >= 11 is 0. The van der Waals surface area contributed by atoms with Gasteiger partial charge in [-0.1, -0.05) is 48.5 Å². The number of carbonyl (C=O) groups excluding carboxylic acids is 2. The van der Waals surface area contributed by atoms with Crippen LogP contribution in [0.5, 0.6) is 0 Å². The number of rotatable bonds is 5. The lowest BCUT2D eigenvalue weighted by molar-refractivity contribution is -0.142. The summed E-state index contributed by atoms with van der Waals surface area (Å²) in [5, 5.41) is 9.57. The van der Waals surface area contributed by atoms with Gasteiger partial charge in [0, 0.05) is 11.8 Å². The smallest absolute Gasteiger partial charge is 0.328 e. The van der Waals surface area contributed by atoms with Crippen LogP contribution in [-0.4, -0.2) is 35.2 Å². The third-order valence-electron chi connectivity index (χ3n) is 3.98. The molecule has 7 heteroatoms. The zero-order valence-electron chi connectivity index (χ0n) is 14.1. The topological polar surface area (TPSA) is 101 Å². The van der Waals surface area contributed by atoms with E-state index in [9.17, 15) is 14.4 Å². The molecular weight excluding hydrogens is 334 g/mol. The molecular formula is C19H17N3O4. The van der Waals surface area contributed by atoms with Gasteiger partial charge in [-0.05, 0) is 11.6 Å². The Kier molecular flexibility index (Phi) is 5.07. The van der Waals surface area contributed by atoms with Crippen LogP contribution >= 0.6 is 0 Å². The molecule has 26 heavy (non-hydrogen) atoms. The maximum atomic E-state index is 12.7. The summed E-state index contributed by atoms with van der Waals surface area (Å²) in [7, 11) is 1.26. The number of ether oxygens (including phenoxy) is 1. The molecule has 1 aromatic heterocycles. The monoisotopic (exact) mass is 351 g/mol. The Morgan fingerprint density at radius 1 is 1.08 bits per heavy atom. The van der Waals surface area contributed by atoms with Gasteiger partial charge in [-0.15, -0.1) is 0 Å². The van der Waals surface area contributed by atoms with Crippen molar-refractivity contribution in [3.05, 3.63) is 76.2 Å². The highest BCUT2D eigenvalue weighted by molar-refractivity contribution is 6.05. The first kappa shape index (κ1) is 17.3. The highest BCUT2D eigenvalue weighted by Gasteiger charge is 2.24. The number of carbonyl (C=O) groups is 2. The minimum Gasteiger partial charge on any atom is -0.467 e. The van der Waals surface area contributed by atoms with Crippen molar-refractivity contribution in [3.8, 4) is 0 Å². The number of methoxy groups -OCH3 is 1. The molecule has 0 fully saturated rings. The summed E-state index contributed by atoms with van der Waals surface area (Å²) < 4.78 is 4.80. The molecule has 1 amide bonds. The molecule has 2 N–H and O–H groups in total. The number of amides is 1. The van der Waals surface area contributed by atoms with Gasteiger partial charge in [-0.3, -0.25) is 9.59 Å². The molecule has 0 saturated carbocycles. The van der Waals surface area contributed by atoms with E-state index in [1.165, 1.54) is 7.11 Å². The zero-order valence-corrected chi connectivity index (χ0v) is 14.1. The SMILES string of the molecule is COC(=O)[C@H](Cc1ccccc1)NC(=O)c1n[nH]c(=O)c2ccccc12. The van der Waals surface area contributed by atoms with Gasteiger partial charge in [0.15, 0.2) is 5.69 Å². The van der Waals surface area contributed by atoms with Crippen molar-refractivity contribution in [1.82, 2.24) is 15.5 Å². The van der Waals surface area contributed by atoms with Gasteiger partial charge in [0.05, 0.1) is 12.5 Å². The first-order valence-corrected chi connectivity index (χ1v) is 8.00. The molecule has 0 radical (unpaired) electrons. The Morgan fingerprint density at radius 2 is 1.73 bits per heavy atom. The van der Waals surface area contributed by atoms with Crippen molar-refractivity contribution in [1.29, 1.82) is 0 Å². The predicted molar refractivity (Wildman–Crippen MR) is 95.8 cm³/mol. The van der Waals surface area contributed by atoms with Crippen molar-refractivity contribution in [2.45, 2.75) is 12.5 Å². The predicted octanol–water partition coefficient (Wildman–Crippen LogP) is 1.44. The molecule has 0 aliphatic carbocycles. The lowest BCUT2D eigenvalue weighted by Crippen LogP contribution is -2.43. The summed E-state index contributed by atoms with van der Waals surface area (Å²) in [5.74, 6) is -1.13. The number of nitrogens with one attached hydrogen (secondary N) is 2. The second-order valence-corrected chi connectivity index (χ2v) is 5.69. The van der Waals surface area contributed by atoms with E-state index in [1.807, 2.05) is 30.3 Å². The van der Waals surface area contributed by atoms with Crippen molar-refractivity contribution in [2.75, 3.05) is 7.11 Å². The second-order valence-electron chi connectivity index (χ2n) is 5.69. The van der Waals surface area contributed by atoms with E-state index in [-0.39, 0.29) is 17.7 Å². The Balaban J connectivity index is 1.90. The molecule has 1 atom stereocenters. The van der Waals surface area contributed by atoms with Gasteiger partial charge in [-0.2, -0.15) is 5.10 Å². The Hall–Kier alpha value is -3.48. The number of benzene rings is 2. The molecule has 0 aliphatic heterocycles. The lowest BCUT2D eigenvalue weighted by Gasteiger charge is -2.16. The molecule has 2 aromatic carbocycles. The molecule has 132 valence electrons. The third kappa shape index (κ3) is 3.61. The molecule has 0 bridgehead atoms. The van der Waals surface area contributed by atoms with Gasteiger partial charge in [0.1, 0.15) is 6.04 Å². The molecule has 1 heterocycles. The van der Waals surface area contributed by atoms with E-state index in [0.717, 1.165) is 5.56 Å². The van der Waals surface area contributed by atoms with E-state index < -0.39 is 17.9 Å². The number of nitrogens with zero attached hydrogens (tertiary/aromatic N) is 1. The highest BCUT2D eigenvalue weighted by atomic mass is 16.5. The number of esters is 1. The van der Waals surface area contributed by atoms with Crippen LogP contribution in [0.4, 0.5) is 0 Å². The summed E-state index contributed by atoms with van der Waals surface area (Å²) in [6, 6.07) is 15.1. The van der Waals surface area contributed by atoms with Gasteiger partial charge < -0.3 is 10.1 Å². The number of fused-ring (bicyclic) bond motifs is 1.